The van der Waals surface area contributed by atoms with Crippen LogP contribution in [-0.2, 0) is 23.9 Å². The molecule has 2 aliphatic heterocycles. The normalized spacial score (nSPS) is 28.9. The molecule has 2 amide bonds. The third-order valence-electron chi connectivity index (χ3n) is 4.05. The number of esters is 1. The van der Waals surface area contributed by atoms with Crippen LogP contribution < -0.4 is 5.32 Å². The summed E-state index contributed by atoms with van der Waals surface area (Å²) in [4.78, 5) is 49.6. The van der Waals surface area contributed by atoms with Crippen molar-refractivity contribution in [1.82, 2.24) is 10.4 Å². The molecule has 0 aromatic carbocycles. The van der Waals surface area contributed by atoms with Crippen molar-refractivity contribution in [3.05, 3.63) is 0 Å². The molecule has 2 heterocycles. The molecule has 0 radical (unpaired) electrons. The van der Waals surface area contributed by atoms with Crippen LogP contribution in [0.5, 0.6) is 0 Å². The maximum absolute atomic E-state index is 12.9. The largest absolute Gasteiger partial charge is 0.459 e. The summed E-state index contributed by atoms with van der Waals surface area (Å²) in [5.74, 6) is -4.49. The van der Waals surface area contributed by atoms with Crippen molar-refractivity contribution in [1.29, 1.82) is 0 Å². The van der Waals surface area contributed by atoms with E-state index in [0.29, 0.717) is 13.0 Å². The lowest BCUT2D eigenvalue weighted by atomic mass is 9.74. The second-order valence-electron chi connectivity index (χ2n) is 7.00. The first kappa shape index (κ1) is 17.6. The molecule has 2 unspecified atom stereocenters. The minimum Gasteiger partial charge on any atom is -0.459 e. The van der Waals surface area contributed by atoms with Gasteiger partial charge in [0, 0.05) is 12.5 Å². The van der Waals surface area contributed by atoms with Crippen LogP contribution >= 0.6 is 0 Å². The molecular weight excluding hydrogens is 304 g/mol. The highest BCUT2D eigenvalue weighted by Gasteiger charge is 2.64. The standard InChI is InChI=1S/C15H22N2O6/c1-14(2,3)23-13(21)15(7-10(18)17(22)12(15)20)11(19)9-5-4-6-16-8-9/h9,16,22H,4-8H2,1-3H3. The average molecular weight is 326 g/mol. The summed E-state index contributed by atoms with van der Waals surface area (Å²) < 4.78 is 5.21. The van der Waals surface area contributed by atoms with Crippen LogP contribution in [0.3, 0.4) is 0 Å². The maximum atomic E-state index is 12.9. The van der Waals surface area contributed by atoms with Gasteiger partial charge in [0.1, 0.15) is 5.60 Å². The number of piperidine rings is 1. The predicted octanol–water partition coefficient (Wildman–Crippen LogP) is 0.0313. The molecule has 0 aromatic heterocycles. The van der Waals surface area contributed by atoms with Crippen LogP contribution in [0.4, 0.5) is 0 Å². The van der Waals surface area contributed by atoms with Gasteiger partial charge in [0.05, 0.1) is 6.42 Å². The topological polar surface area (TPSA) is 113 Å². The molecule has 2 aliphatic rings. The number of ketones is 1. The van der Waals surface area contributed by atoms with Gasteiger partial charge in [0.25, 0.3) is 11.8 Å². The van der Waals surface area contributed by atoms with Crippen molar-refractivity contribution >= 4 is 23.6 Å². The van der Waals surface area contributed by atoms with E-state index in [1.807, 2.05) is 0 Å². The van der Waals surface area contributed by atoms with Gasteiger partial charge in [-0.3, -0.25) is 24.4 Å². The molecule has 0 bridgehead atoms. The van der Waals surface area contributed by atoms with Crippen molar-refractivity contribution in [2.45, 2.75) is 45.6 Å². The van der Waals surface area contributed by atoms with Gasteiger partial charge in [-0.2, -0.15) is 5.06 Å². The summed E-state index contributed by atoms with van der Waals surface area (Å²) in [6, 6.07) is 0. The fourth-order valence-electron chi connectivity index (χ4n) is 2.91. The number of rotatable bonds is 3. The molecule has 8 heteroatoms. The Bertz CT molecular complexity index is 547. The van der Waals surface area contributed by atoms with E-state index < -0.39 is 46.9 Å². The minimum absolute atomic E-state index is 0.141. The van der Waals surface area contributed by atoms with Crippen molar-refractivity contribution in [3.63, 3.8) is 0 Å². The van der Waals surface area contributed by atoms with Crippen molar-refractivity contribution in [2.24, 2.45) is 11.3 Å². The lowest BCUT2D eigenvalue weighted by Crippen LogP contribution is -2.53. The number of imide groups is 1. The van der Waals surface area contributed by atoms with E-state index in [1.54, 1.807) is 20.8 Å². The first-order valence-corrected chi connectivity index (χ1v) is 7.64. The summed E-state index contributed by atoms with van der Waals surface area (Å²) in [6.07, 6.45) is 0.557. The lowest BCUT2D eigenvalue weighted by Gasteiger charge is -2.31. The first-order chi connectivity index (χ1) is 10.6. The molecule has 2 N–H and O–H groups in total. The Kier molecular flexibility index (Phi) is 4.59. The van der Waals surface area contributed by atoms with E-state index in [1.165, 1.54) is 0 Å². The van der Waals surface area contributed by atoms with E-state index in [0.717, 1.165) is 13.0 Å². The maximum Gasteiger partial charge on any atom is 0.330 e. The third-order valence-corrected chi connectivity index (χ3v) is 4.05. The summed E-state index contributed by atoms with van der Waals surface area (Å²) in [5.41, 5.74) is -3.20. The zero-order valence-corrected chi connectivity index (χ0v) is 13.5. The molecular formula is C15H22N2O6. The third kappa shape index (κ3) is 3.13. The number of nitrogens with zero attached hydrogens (tertiary/aromatic N) is 1. The van der Waals surface area contributed by atoms with E-state index in [2.05, 4.69) is 5.32 Å². The predicted molar refractivity (Wildman–Crippen MR) is 77.1 cm³/mol. The SMILES string of the molecule is CC(C)(C)OC(=O)C1(C(=O)C2CCCNC2)CC(=O)N(O)C1=O. The summed E-state index contributed by atoms with van der Waals surface area (Å²) in [5, 5.41) is 12.4. The number of hydroxylamine groups is 2. The van der Waals surface area contributed by atoms with Crippen LogP contribution in [0.1, 0.15) is 40.0 Å². The van der Waals surface area contributed by atoms with Gasteiger partial charge >= 0.3 is 5.97 Å². The first-order valence-electron chi connectivity index (χ1n) is 7.64. The zero-order valence-electron chi connectivity index (χ0n) is 13.5. The van der Waals surface area contributed by atoms with Gasteiger partial charge < -0.3 is 10.1 Å². The number of amides is 2. The summed E-state index contributed by atoms with van der Waals surface area (Å²) in [7, 11) is 0. The van der Waals surface area contributed by atoms with E-state index in [-0.39, 0.29) is 5.06 Å². The second-order valence-corrected chi connectivity index (χ2v) is 7.00. The van der Waals surface area contributed by atoms with Crippen LogP contribution in [0.25, 0.3) is 0 Å². The molecule has 2 saturated heterocycles. The molecule has 0 spiro atoms. The zero-order chi connectivity index (χ0) is 17.4. The second kappa shape index (κ2) is 6.01. The molecule has 0 aromatic rings. The summed E-state index contributed by atoms with van der Waals surface area (Å²) in [6.45, 7) is 5.88. The fraction of sp³-hybridized carbons (Fsp3) is 0.733. The smallest absolute Gasteiger partial charge is 0.330 e. The number of carbonyl (C=O) groups excluding carboxylic acids is 4. The van der Waals surface area contributed by atoms with Crippen LogP contribution in [0, 0.1) is 11.3 Å². The number of Topliss-reactive ketones (excluding diaryl/α,β-unsaturated/α-hetero) is 1. The molecule has 8 nitrogen and oxygen atoms in total. The van der Waals surface area contributed by atoms with Crippen molar-refractivity contribution < 1.29 is 29.1 Å². The minimum atomic E-state index is -2.28. The molecule has 128 valence electrons. The number of nitrogens with one attached hydrogen (secondary N) is 1. The Morgan fingerprint density at radius 3 is 2.43 bits per heavy atom. The highest BCUT2D eigenvalue weighted by atomic mass is 16.6. The van der Waals surface area contributed by atoms with Crippen molar-refractivity contribution in [2.75, 3.05) is 13.1 Å². The van der Waals surface area contributed by atoms with Crippen molar-refractivity contribution in [3.8, 4) is 0 Å². The fourth-order valence-corrected chi connectivity index (χ4v) is 2.91. The van der Waals surface area contributed by atoms with E-state index in [4.69, 9.17) is 4.74 Å². The number of ether oxygens (including phenoxy) is 1. The average Bonchev–Trinajstić information content (AvgIpc) is 2.71. The van der Waals surface area contributed by atoms with E-state index >= 15 is 0 Å². The van der Waals surface area contributed by atoms with Gasteiger partial charge in [-0.25, -0.2) is 0 Å². The molecule has 2 fully saturated rings. The Morgan fingerprint density at radius 1 is 1.35 bits per heavy atom. The number of carbonyl (C=O) groups is 4. The van der Waals surface area contributed by atoms with Crippen LogP contribution in [0.15, 0.2) is 0 Å². The number of hydrogen-bond acceptors (Lipinski definition) is 7. The molecule has 0 aliphatic carbocycles. The Balaban J connectivity index is 2.39. The quantitative estimate of drug-likeness (QED) is 0.325. The van der Waals surface area contributed by atoms with Gasteiger partial charge in [-0.05, 0) is 40.2 Å². The van der Waals surface area contributed by atoms with Gasteiger partial charge in [-0.1, -0.05) is 0 Å². The number of hydrogen-bond donors (Lipinski definition) is 2. The Hall–Kier alpha value is -1.80. The molecule has 2 rings (SSSR count). The molecule has 23 heavy (non-hydrogen) atoms. The van der Waals surface area contributed by atoms with Gasteiger partial charge in [0.15, 0.2) is 5.78 Å². The van der Waals surface area contributed by atoms with Gasteiger partial charge in [-0.15, -0.1) is 0 Å². The Morgan fingerprint density at radius 2 is 2.00 bits per heavy atom. The highest BCUT2D eigenvalue weighted by Crippen LogP contribution is 2.39. The van der Waals surface area contributed by atoms with Crippen LogP contribution in [-0.4, -0.2) is 52.5 Å². The van der Waals surface area contributed by atoms with Gasteiger partial charge in [0.2, 0.25) is 5.41 Å². The highest BCUT2D eigenvalue weighted by molar-refractivity contribution is 6.29. The Labute approximate surface area is 134 Å². The summed E-state index contributed by atoms with van der Waals surface area (Å²) >= 11 is 0. The van der Waals surface area contributed by atoms with Crippen LogP contribution in [0.2, 0.25) is 0 Å². The lowest BCUT2D eigenvalue weighted by molar-refractivity contribution is -0.182. The molecule has 0 saturated carbocycles. The van der Waals surface area contributed by atoms with E-state index in [9.17, 15) is 24.4 Å². The monoisotopic (exact) mass is 326 g/mol. The molecule has 2 atom stereocenters.